The van der Waals surface area contributed by atoms with Crippen molar-refractivity contribution >= 4 is 41.3 Å². The molecule has 0 radical (unpaired) electrons. The number of aromatic nitrogens is 1. The lowest BCUT2D eigenvalue weighted by molar-refractivity contribution is 0.0342. The molecule has 1 aliphatic heterocycles. The Bertz CT molecular complexity index is 761. The lowest BCUT2D eigenvalue weighted by Crippen LogP contribution is -2.36. The number of benzene rings is 1. The van der Waals surface area contributed by atoms with Gasteiger partial charge in [-0.3, -0.25) is 4.90 Å². The second-order valence-corrected chi connectivity index (χ2v) is 8.03. The summed E-state index contributed by atoms with van der Waals surface area (Å²) in [5.74, 6) is 0.828. The molecule has 0 aliphatic carbocycles. The number of morpholine rings is 1. The van der Waals surface area contributed by atoms with Crippen LogP contribution in [-0.2, 0) is 30.8 Å². The minimum atomic E-state index is 0. The maximum absolute atomic E-state index is 5.43. The van der Waals surface area contributed by atoms with E-state index in [1.165, 1.54) is 16.0 Å². The van der Waals surface area contributed by atoms with Crippen molar-refractivity contribution in [3.05, 3.63) is 51.5 Å². The van der Waals surface area contributed by atoms with Gasteiger partial charge < -0.3 is 15.4 Å². The molecule has 1 aliphatic rings. The molecule has 0 atom stereocenters. The predicted molar refractivity (Wildman–Crippen MR) is 131 cm³/mol. The Morgan fingerprint density at radius 1 is 1.21 bits per heavy atom. The Morgan fingerprint density at radius 3 is 2.72 bits per heavy atom. The summed E-state index contributed by atoms with van der Waals surface area (Å²) in [6.45, 7) is 11.1. The lowest BCUT2D eigenvalue weighted by atomic mass is 10.1. The first-order valence-corrected chi connectivity index (χ1v) is 10.9. The molecule has 1 saturated heterocycles. The van der Waals surface area contributed by atoms with Crippen molar-refractivity contribution in [3.8, 4) is 0 Å². The van der Waals surface area contributed by atoms with E-state index in [1.54, 1.807) is 11.3 Å². The van der Waals surface area contributed by atoms with Crippen molar-refractivity contribution < 1.29 is 4.74 Å². The normalized spacial score (nSPS) is 15.0. The van der Waals surface area contributed by atoms with Crippen LogP contribution in [0.3, 0.4) is 0 Å². The Kier molecular flexibility index (Phi) is 10.9. The van der Waals surface area contributed by atoms with Gasteiger partial charge in [0, 0.05) is 37.3 Å². The molecule has 0 unspecified atom stereocenters. The Hall–Kier alpha value is -1.23. The summed E-state index contributed by atoms with van der Waals surface area (Å²) in [6, 6.07) is 8.73. The summed E-state index contributed by atoms with van der Waals surface area (Å²) in [5, 5.41) is 7.80. The van der Waals surface area contributed by atoms with Gasteiger partial charge in [0.25, 0.3) is 0 Å². The maximum atomic E-state index is 5.43. The van der Waals surface area contributed by atoms with Gasteiger partial charge in [-0.05, 0) is 24.5 Å². The average Bonchev–Trinajstić information content (AvgIpc) is 3.19. The Morgan fingerprint density at radius 2 is 2.00 bits per heavy atom. The monoisotopic (exact) mass is 529 g/mol. The van der Waals surface area contributed by atoms with E-state index in [9.17, 15) is 0 Å². The van der Waals surface area contributed by atoms with Crippen LogP contribution < -0.4 is 10.6 Å². The molecule has 3 rings (SSSR count). The predicted octanol–water partition coefficient (Wildman–Crippen LogP) is 3.41. The van der Waals surface area contributed by atoms with Crippen molar-refractivity contribution in [2.24, 2.45) is 4.99 Å². The van der Waals surface area contributed by atoms with E-state index in [2.05, 4.69) is 58.6 Å². The molecule has 2 heterocycles. The van der Waals surface area contributed by atoms with Crippen LogP contribution in [0, 0.1) is 0 Å². The molecule has 0 saturated carbocycles. The maximum Gasteiger partial charge on any atom is 0.191 e. The van der Waals surface area contributed by atoms with Crippen molar-refractivity contribution in [2.75, 3.05) is 32.8 Å². The number of rotatable bonds is 8. The van der Waals surface area contributed by atoms with E-state index in [-0.39, 0.29) is 24.0 Å². The number of aryl methyl sites for hydroxylation is 1. The van der Waals surface area contributed by atoms with Crippen LogP contribution in [0.4, 0.5) is 0 Å². The minimum absolute atomic E-state index is 0. The van der Waals surface area contributed by atoms with Crippen LogP contribution >= 0.6 is 35.3 Å². The number of nitrogens with zero attached hydrogens (tertiary/aromatic N) is 3. The van der Waals surface area contributed by atoms with Gasteiger partial charge >= 0.3 is 0 Å². The number of nitrogens with one attached hydrogen (secondary N) is 2. The third kappa shape index (κ3) is 8.19. The van der Waals surface area contributed by atoms with Crippen LogP contribution in [0.2, 0.25) is 0 Å². The average molecular weight is 529 g/mol. The number of guanidine groups is 1. The van der Waals surface area contributed by atoms with Gasteiger partial charge in [0.05, 0.1) is 26.3 Å². The number of hydrogen-bond acceptors (Lipinski definition) is 5. The number of thiazole rings is 1. The fraction of sp³-hybridized carbons (Fsp3) is 0.524. The number of ether oxygens (including phenoxy) is 1. The summed E-state index contributed by atoms with van der Waals surface area (Å²) in [7, 11) is 0. The van der Waals surface area contributed by atoms with Crippen LogP contribution in [-0.4, -0.2) is 48.7 Å². The first kappa shape index (κ1) is 24.0. The van der Waals surface area contributed by atoms with Gasteiger partial charge in [0.15, 0.2) is 5.96 Å². The second-order valence-electron chi connectivity index (χ2n) is 6.83. The van der Waals surface area contributed by atoms with Gasteiger partial charge in [0.1, 0.15) is 5.01 Å². The fourth-order valence-corrected chi connectivity index (χ4v) is 3.91. The molecule has 0 bridgehead atoms. The highest BCUT2D eigenvalue weighted by Crippen LogP contribution is 2.13. The fourth-order valence-electron chi connectivity index (χ4n) is 3.11. The number of hydrogen-bond donors (Lipinski definition) is 2. The van der Waals surface area contributed by atoms with Crippen molar-refractivity contribution in [2.45, 2.75) is 39.9 Å². The third-order valence-corrected chi connectivity index (χ3v) is 5.76. The van der Waals surface area contributed by atoms with E-state index in [1.807, 2.05) is 6.20 Å². The molecule has 8 heteroatoms. The standard InChI is InChI=1S/C21H31N5OS.HI/c1-3-19-14-23-20(28-19)15-25-21(22-4-2)24-13-17-6-5-7-18(12-17)16-26-8-10-27-11-9-26;/h5-7,12,14H,3-4,8-11,13,15-16H2,1-2H3,(H2,22,24,25);1H. The molecule has 6 nitrogen and oxygen atoms in total. The SMILES string of the molecule is CCNC(=NCc1cccc(CN2CCOCC2)c1)NCc1ncc(CC)s1.I. The zero-order valence-corrected chi connectivity index (χ0v) is 20.5. The highest BCUT2D eigenvalue weighted by Gasteiger charge is 2.10. The van der Waals surface area contributed by atoms with Crippen LogP contribution in [0.25, 0.3) is 0 Å². The van der Waals surface area contributed by atoms with Gasteiger partial charge in [-0.25, -0.2) is 9.98 Å². The van der Waals surface area contributed by atoms with Crippen molar-refractivity contribution in [1.82, 2.24) is 20.5 Å². The molecular weight excluding hydrogens is 497 g/mol. The topological polar surface area (TPSA) is 61.8 Å². The first-order valence-electron chi connectivity index (χ1n) is 10.1. The van der Waals surface area contributed by atoms with E-state index < -0.39 is 0 Å². The molecule has 2 aromatic rings. The highest BCUT2D eigenvalue weighted by molar-refractivity contribution is 14.0. The summed E-state index contributed by atoms with van der Waals surface area (Å²) in [6.07, 6.45) is 3.00. The Balaban J connectivity index is 0.00000300. The van der Waals surface area contributed by atoms with E-state index in [0.29, 0.717) is 13.1 Å². The smallest absolute Gasteiger partial charge is 0.191 e. The van der Waals surface area contributed by atoms with Gasteiger partial charge in [0.2, 0.25) is 0 Å². The van der Waals surface area contributed by atoms with Crippen molar-refractivity contribution in [3.63, 3.8) is 0 Å². The summed E-state index contributed by atoms with van der Waals surface area (Å²) >= 11 is 1.76. The van der Waals surface area contributed by atoms with Gasteiger partial charge in [-0.15, -0.1) is 35.3 Å². The molecule has 29 heavy (non-hydrogen) atoms. The summed E-state index contributed by atoms with van der Waals surface area (Å²) in [4.78, 5) is 13.0. The minimum Gasteiger partial charge on any atom is -0.379 e. The second kappa shape index (κ2) is 13.1. The largest absolute Gasteiger partial charge is 0.379 e. The molecule has 1 aromatic carbocycles. The molecular formula is C21H32IN5OS. The van der Waals surface area contributed by atoms with Crippen LogP contribution in [0.1, 0.15) is 34.9 Å². The van der Waals surface area contributed by atoms with Crippen LogP contribution in [0.15, 0.2) is 35.5 Å². The quantitative estimate of drug-likeness (QED) is 0.312. The van der Waals surface area contributed by atoms with E-state index in [4.69, 9.17) is 9.73 Å². The molecule has 1 aromatic heterocycles. The van der Waals surface area contributed by atoms with Crippen LogP contribution in [0.5, 0.6) is 0 Å². The molecule has 2 N–H and O–H groups in total. The zero-order chi connectivity index (χ0) is 19.6. The first-order chi connectivity index (χ1) is 13.8. The van der Waals surface area contributed by atoms with Gasteiger partial charge in [-0.1, -0.05) is 31.2 Å². The Labute approximate surface area is 195 Å². The third-order valence-electron chi connectivity index (χ3n) is 4.62. The summed E-state index contributed by atoms with van der Waals surface area (Å²) < 4.78 is 5.43. The van der Waals surface area contributed by atoms with Gasteiger partial charge in [-0.2, -0.15) is 0 Å². The molecule has 160 valence electrons. The number of aliphatic imine (C=N–C) groups is 1. The zero-order valence-electron chi connectivity index (χ0n) is 17.3. The highest BCUT2D eigenvalue weighted by atomic mass is 127. The lowest BCUT2D eigenvalue weighted by Gasteiger charge is -2.26. The van der Waals surface area contributed by atoms with Crippen molar-refractivity contribution in [1.29, 1.82) is 0 Å². The molecule has 1 fully saturated rings. The molecule has 0 amide bonds. The summed E-state index contributed by atoms with van der Waals surface area (Å²) in [5.41, 5.74) is 2.56. The number of halogens is 1. The van der Waals surface area contributed by atoms with E-state index >= 15 is 0 Å². The molecule has 0 spiro atoms. The van der Waals surface area contributed by atoms with E-state index in [0.717, 1.165) is 56.8 Å².